The van der Waals surface area contributed by atoms with Gasteiger partial charge in [0.25, 0.3) is 5.91 Å². The number of hydrogen-bond acceptors (Lipinski definition) is 2. The topological polar surface area (TPSA) is 42.0 Å². The van der Waals surface area contributed by atoms with Gasteiger partial charge in [-0.15, -0.1) is 0 Å². The standard InChI is InChI=1S/C8H9BrN2O/c1-5-3-7(8(12)10-2)11-4-6(5)9/h3-4H,1-2H3,(H,10,12). The van der Waals surface area contributed by atoms with Gasteiger partial charge in [-0.05, 0) is 34.5 Å². The number of hydrogen-bond donors (Lipinski definition) is 1. The van der Waals surface area contributed by atoms with Crippen molar-refractivity contribution in [2.45, 2.75) is 6.92 Å². The van der Waals surface area contributed by atoms with Gasteiger partial charge in [0.05, 0.1) is 0 Å². The number of amides is 1. The molecule has 0 aliphatic heterocycles. The van der Waals surface area contributed by atoms with Crippen LogP contribution < -0.4 is 5.32 Å². The van der Waals surface area contributed by atoms with Crippen LogP contribution in [0.2, 0.25) is 0 Å². The van der Waals surface area contributed by atoms with E-state index in [1.807, 2.05) is 6.92 Å². The van der Waals surface area contributed by atoms with E-state index >= 15 is 0 Å². The molecular weight excluding hydrogens is 220 g/mol. The molecule has 1 rings (SSSR count). The predicted molar refractivity (Wildman–Crippen MR) is 50.1 cm³/mol. The molecule has 3 nitrogen and oxygen atoms in total. The highest BCUT2D eigenvalue weighted by molar-refractivity contribution is 9.10. The molecule has 12 heavy (non-hydrogen) atoms. The second-order valence-electron chi connectivity index (χ2n) is 2.40. The number of carbonyl (C=O) groups excluding carboxylic acids is 1. The third kappa shape index (κ3) is 1.82. The first-order valence-electron chi connectivity index (χ1n) is 3.49. The zero-order valence-corrected chi connectivity index (χ0v) is 8.47. The highest BCUT2D eigenvalue weighted by atomic mass is 79.9. The lowest BCUT2D eigenvalue weighted by molar-refractivity contribution is 0.0958. The lowest BCUT2D eigenvalue weighted by Crippen LogP contribution is -2.19. The van der Waals surface area contributed by atoms with Crippen LogP contribution in [0, 0.1) is 6.92 Å². The molecule has 0 bridgehead atoms. The van der Waals surface area contributed by atoms with Gasteiger partial charge >= 0.3 is 0 Å². The van der Waals surface area contributed by atoms with Crippen molar-refractivity contribution in [1.29, 1.82) is 0 Å². The smallest absolute Gasteiger partial charge is 0.269 e. The molecule has 1 N–H and O–H groups in total. The summed E-state index contributed by atoms with van der Waals surface area (Å²) in [5.41, 5.74) is 1.45. The van der Waals surface area contributed by atoms with Crippen molar-refractivity contribution in [3.05, 3.63) is 28.0 Å². The molecular formula is C8H9BrN2O. The van der Waals surface area contributed by atoms with Crippen LogP contribution in [-0.4, -0.2) is 17.9 Å². The summed E-state index contributed by atoms with van der Waals surface area (Å²) in [4.78, 5) is 15.0. The molecule has 0 aliphatic rings. The minimum atomic E-state index is -0.161. The number of rotatable bonds is 1. The van der Waals surface area contributed by atoms with Gasteiger partial charge in [-0.3, -0.25) is 4.79 Å². The fourth-order valence-electron chi connectivity index (χ4n) is 0.792. The van der Waals surface area contributed by atoms with Crippen LogP contribution >= 0.6 is 15.9 Å². The Bertz CT molecular complexity index is 312. The number of aryl methyl sites for hydroxylation is 1. The van der Waals surface area contributed by atoms with Crippen LogP contribution in [0.3, 0.4) is 0 Å². The molecule has 1 aromatic rings. The van der Waals surface area contributed by atoms with Crippen LogP contribution in [0.15, 0.2) is 16.7 Å². The van der Waals surface area contributed by atoms with E-state index < -0.39 is 0 Å². The quantitative estimate of drug-likeness (QED) is 0.793. The van der Waals surface area contributed by atoms with Gasteiger partial charge in [0.1, 0.15) is 5.69 Å². The van der Waals surface area contributed by atoms with E-state index in [2.05, 4.69) is 26.2 Å². The Morgan fingerprint density at radius 2 is 2.33 bits per heavy atom. The van der Waals surface area contributed by atoms with Crippen molar-refractivity contribution < 1.29 is 4.79 Å². The normalized spacial score (nSPS) is 9.58. The summed E-state index contributed by atoms with van der Waals surface area (Å²) in [7, 11) is 1.58. The minimum Gasteiger partial charge on any atom is -0.354 e. The van der Waals surface area contributed by atoms with E-state index in [9.17, 15) is 4.79 Å². The summed E-state index contributed by atoms with van der Waals surface area (Å²) in [6, 6.07) is 1.74. The number of nitrogens with zero attached hydrogens (tertiary/aromatic N) is 1. The van der Waals surface area contributed by atoms with Crippen molar-refractivity contribution in [2.75, 3.05) is 7.05 Å². The zero-order valence-electron chi connectivity index (χ0n) is 6.89. The van der Waals surface area contributed by atoms with E-state index in [1.54, 1.807) is 19.3 Å². The first kappa shape index (κ1) is 9.19. The Labute approximate surface area is 79.3 Å². The van der Waals surface area contributed by atoms with E-state index in [4.69, 9.17) is 0 Å². The van der Waals surface area contributed by atoms with Crippen molar-refractivity contribution >= 4 is 21.8 Å². The van der Waals surface area contributed by atoms with Crippen LogP contribution in [-0.2, 0) is 0 Å². The van der Waals surface area contributed by atoms with E-state index in [1.165, 1.54) is 0 Å². The average Bonchev–Trinajstić information content (AvgIpc) is 2.08. The lowest BCUT2D eigenvalue weighted by Gasteiger charge is -2.00. The van der Waals surface area contributed by atoms with Gasteiger partial charge in [-0.1, -0.05) is 0 Å². The molecule has 0 aliphatic carbocycles. The average molecular weight is 229 g/mol. The molecule has 0 unspecified atom stereocenters. The first-order chi connectivity index (χ1) is 5.65. The number of aromatic nitrogens is 1. The van der Waals surface area contributed by atoms with Gasteiger partial charge in [-0.2, -0.15) is 0 Å². The van der Waals surface area contributed by atoms with Crippen LogP contribution in [0.4, 0.5) is 0 Å². The molecule has 0 saturated heterocycles. The number of pyridine rings is 1. The fraction of sp³-hybridized carbons (Fsp3) is 0.250. The highest BCUT2D eigenvalue weighted by Crippen LogP contribution is 2.14. The maximum absolute atomic E-state index is 11.1. The molecule has 64 valence electrons. The van der Waals surface area contributed by atoms with Crippen molar-refractivity contribution in [3.8, 4) is 0 Å². The molecule has 0 radical (unpaired) electrons. The predicted octanol–water partition coefficient (Wildman–Crippen LogP) is 1.51. The van der Waals surface area contributed by atoms with Crippen LogP contribution in [0.25, 0.3) is 0 Å². The van der Waals surface area contributed by atoms with E-state index in [-0.39, 0.29) is 5.91 Å². The molecule has 1 aromatic heterocycles. The number of carbonyl (C=O) groups is 1. The van der Waals surface area contributed by atoms with Crippen LogP contribution in [0.5, 0.6) is 0 Å². The Morgan fingerprint density at radius 1 is 1.67 bits per heavy atom. The SMILES string of the molecule is CNC(=O)c1cc(C)c(Br)cn1. The van der Waals surface area contributed by atoms with Crippen LogP contribution in [0.1, 0.15) is 16.1 Å². The lowest BCUT2D eigenvalue weighted by atomic mass is 10.2. The summed E-state index contributed by atoms with van der Waals surface area (Å²) in [6.07, 6.45) is 1.62. The van der Waals surface area contributed by atoms with Crippen molar-refractivity contribution in [2.24, 2.45) is 0 Å². The third-order valence-corrected chi connectivity index (χ3v) is 2.34. The third-order valence-electron chi connectivity index (χ3n) is 1.51. The number of nitrogens with one attached hydrogen (secondary N) is 1. The number of halogens is 1. The van der Waals surface area contributed by atoms with Gasteiger partial charge < -0.3 is 5.32 Å². The summed E-state index contributed by atoms with van der Waals surface area (Å²) >= 11 is 3.31. The van der Waals surface area contributed by atoms with Crippen molar-refractivity contribution in [1.82, 2.24) is 10.3 Å². The summed E-state index contributed by atoms with van der Waals surface area (Å²) < 4.78 is 0.912. The van der Waals surface area contributed by atoms with Gasteiger partial charge in [0, 0.05) is 17.7 Å². The molecule has 0 saturated carbocycles. The maximum Gasteiger partial charge on any atom is 0.269 e. The van der Waals surface area contributed by atoms with Gasteiger partial charge in [0.2, 0.25) is 0 Å². The van der Waals surface area contributed by atoms with E-state index in [0.717, 1.165) is 10.0 Å². The largest absolute Gasteiger partial charge is 0.354 e. The molecule has 1 heterocycles. The summed E-state index contributed by atoms with van der Waals surface area (Å²) in [5, 5.41) is 2.51. The molecule has 1 amide bonds. The molecule has 0 aromatic carbocycles. The van der Waals surface area contributed by atoms with Gasteiger partial charge in [-0.25, -0.2) is 4.98 Å². The second kappa shape index (κ2) is 3.67. The molecule has 0 fully saturated rings. The Balaban J connectivity index is 3.05. The maximum atomic E-state index is 11.1. The molecule has 4 heteroatoms. The Morgan fingerprint density at radius 3 is 2.83 bits per heavy atom. The highest BCUT2D eigenvalue weighted by Gasteiger charge is 2.05. The second-order valence-corrected chi connectivity index (χ2v) is 3.25. The monoisotopic (exact) mass is 228 g/mol. The zero-order chi connectivity index (χ0) is 9.14. The Hall–Kier alpha value is -0.900. The Kier molecular flexibility index (Phi) is 2.81. The summed E-state index contributed by atoms with van der Waals surface area (Å²) in [5.74, 6) is -0.161. The van der Waals surface area contributed by atoms with Gasteiger partial charge in [0.15, 0.2) is 0 Å². The fourth-order valence-corrected chi connectivity index (χ4v) is 1.01. The minimum absolute atomic E-state index is 0.161. The molecule has 0 spiro atoms. The first-order valence-corrected chi connectivity index (χ1v) is 4.28. The summed E-state index contributed by atoms with van der Waals surface area (Å²) in [6.45, 7) is 1.91. The van der Waals surface area contributed by atoms with E-state index in [0.29, 0.717) is 5.69 Å². The van der Waals surface area contributed by atoms with Crippen molar-refractivity contribution in [3.63, 3.8) is 0 Å². The molecule has 0 atom stereocenters.